The third-order valence-corrected chi connectivity index (χ3v) is 6.02. The van der Waals surface area contributed by atoms with Gasteiger partial charge in [-0.25, -0.2) is 4.79 Å². The van der Waals surface area contributed by atoms with Crippen LogP contribution in [0.1, 0.15) is 23.1 Å². The minimum Gasteiger partial charge on any atom is -0.445 e. The highest BCUT2D eigenvalue weighted by Crippen LogP contribution is 2.39. The molecule has 1 heterocycles. The number of aliphatic hydroxyl groups excluding tert-OH is 1. The summed E-state index contributed by atoms with van der Waals surface area (Å²) in [5.41, 5.74) is 0.908. The average molecular weight is 451 g/mol. The maximum absolute atomic E-state index is 12.2. The van der Waals surface area contributed by atoms with Crippen LogP contribution in [0, 0.1) is 10.1 Å². The van der Waals surface area contributed by atoms with E-state index in [1.807, 2.05) is 36.4 Å². The molecule has 9 nitrogen and oxygen atoms in total. The fraction of sp³-hybridized carbons (Fsp3) is 0.292. The van der Waals surface area contributed by atoms with E-state index in [2.05, 4.69) is 5.32 Å². The highest BCUT2D eigenvalue weighted by atomic mass is 16.6. The summed E-state index contributed by atoms with van der Waals surface area (Å²) in [5, 5.41) is 36.5. The number of amides is 1. The van der Waals surface area contributed by atoms with E-state index in [1.54, 1.807) is 24.1 Å². The van der Waals surface area contributed by atoms with Crippen molar-refractivity contribution in [3.8, 4) is 0 Å². The second-order valence-electron chi connectivity index (χ2n) is 8.23. The molecule has 3 aromatic carbocycles. The fourth-order valence-corrected chi connectivity index (χ4v) is 4.28. The molecule has 0 aromatic heterocycles. The van der Waals surface area contributed by atoms with Gasteiger partial charge in [0.25, 0.3) is 5.69 Å². The number of nitro benzene ring substituents is 1. The smallest absolute Gasteiger partial charge is 0.407 e. The lowest BCUT2D eigenvalue weighted by atomic mass is 9.91. The first-order chi connectivity index (χ1) is 15.8. The molecule has 3 aromatic rings. The number of β-amino-alcohol motifs (C(OH)–C–C–N with tert-alkyl or cyclic N) is 1. The van der Waals surface area contributed by atoms with Crippen molar-refractivity contribution in [1.82, 2.24) is 10.2 Å². The van der Waals surface area contributed by atoms with E-state index in [-0.39, 0.29) is 25.3 Å². The number of hydrogen-bond donors (Lipinski definition) is 3. The zero-order chi connectivity index (χ0) is 23.6. The van der Waals surface area contributed by atoms with Crippen LogP contribution in [0.5, 0.6) is 0 Å². The molecule has 1 amide bonds. The number of rotatable bonds is 6. The minimum absolute atomic E-state index is 0.00872. The summed E-state index contributed by atoms with van der Waals surface area (Å²) in [6.07, 6.45) is -0.996. The number of carbonyl (C=O) groups is 1. The molecule has 33 heavy (non-hydrogen) atoms. The molecule has 1 fully saturated rings. The summed E-state index contributed by atoms with van der Waals surface area (Å²) in [6, 6.07) is 17.1. The van der Waals surface area contributed by atoms with Crippen LogP contribution in [-0.4, -0.2) is 45.8 Å². The zero-order valence-corrected chi connectivity index (χ0v) is 18.1. The molecule has 1 saturated heterocycles. The molecule has 0 radical (unpaired) electrons. The first kappa shape index (κ1) is 22.7. The summed E-state index contributed by atoms with van der Waals surface area (Å²) in [7, 11) is 1.78. The lowest BCUT2D eigenvalue weighted by Crippen LogP contribution is -2.38. The van der Waals surface area contributed by atoms with Crippen LogP contribution in [0.15, 0.2) is 60.7 Å². The Morgan fingerprint density at radius 2 is 1.88 bits per heavy atom. The number of fused-ring (bicyclic) bond motifs is 1. The number of carbonyl (C=O) groups excluding carboxylic acids is 1. The van der Waals surface area contributed by atoms with Crippen molar-refractivity contribution in [2.24, 2.45) is 0 Å². The van der Waals surface area contributed by atoms with Crippen LogP contribution < -0.4 is 5.32 Å². The van der Waals surface area contributed by atoms with Gasteiger partial charge in [-0.15, -0.1) is 0 Å². The number of likely N-dealkylation sites (N-methyl/N-ethyl adjacent to an activating group) is 1. The van der Waals surface area contributed by atoms with Crippen LogP contribution in [0.25, 0.3) is 10.8 Å². The third kappa shape index (κ3) is 4.65. The molecule has 1 aliphatic heterocycles. The second kappa shape index (κ2) is 9.14. The monoisotopic (exact) mass is 451 g/mol. The number of hydrogen-bond acceptors (Lipinski definition) is 7. The average Bonchev–Trinajstić information content (AvgIpc) is 3.07. The van der Waals surface area contributed by atoms with Gasteiger partial charge in [0.1, 0.15) is 12.3 Å². The van der Waals surface area contributed by atoms with Crippen LogP contribution in [-0.2, 0) is 23.6 Å². The molecule has 1 aliphatic rings. The van der Waals surface area contributed by atoms with Gasteiger partial charge in [0.15, 0.2) is 0 Å². The summed E-state index contributed by atoms with van der Waals surface area (Å²) < 4.78 is 5.21. The summed E-state index contributed by atoms with van der Waals surface area (Å²) in [5.74, 6) is 0. The molecule has 0 saturated carbocycles. The number of non-ortho nitro benzene ring substituents is 1. The third-order valence-electron chi connectivity index (χ3n) is 6.02. The van der Waals surface area contributed by atoms with Crippen LogP contribution in [0.3, 0.4) is 0 Å². The van der Waals surface area contributed by atoms with Gasteiger partial charge < -0.3 is 20.3 Å². The predicted molar refractivity (Wildman–Crippen MR) is 121 cm³/mol. The Hall–Kier alpha value is -3.53. The number of benzene rings is 3. The first-order valence-corrected chi connectivity index (χ1v) is 10.5. The largest absolute Gasteiger partial charge is 0.445 e. The number of alkyl carbamates (subject to hydrolysis) is 1. The lowest BCUT2D eigenvalue weighted by molar-refractivity contribution is -0.384. The van der Waals surface area contributed by atoms with Gasteiger partial charge in [-0.05, 0) is 41.1 Å². The standard InChI is InChI=1S/C24H25N3O6/c1-26-14-19(28)12-24(26,30)22-11-8-17(20-4-2-3-5-21(20)22)13-25-23(29)33-15-16-6-9-18(10-7-16)27(31)32/h2-11,19,28,30H,12-15H2,1H3,(H,25,29)/t19-,24+/m1/s1. The minimum atomic E-state index is -1.27. The maximum Gasteiger partial charge on any atom is 0.407 e. The molecular weight excluding hydrogens is 426 g/mol. The van der Waals surface area contributed by atoms with Gasteiger partial charge in [-0.1, -0.05) is 36.4 Å². The van der Waals surface area contributed by atoms with Gasteiger partial charge in [-0.2, -0.15) is 0 Å². The van der Waals surface area contributed by atoms with Crippen molar-refractivity contribution in [1.29, 1.82) is 0 Å². The molecule has 172 valence electrons. The molecule has 9 heteroatoms. The molecule has 0 aliphatic carbocycles. The Balaban J connectivity index is 1.45. The van der Waals surface area contributed by atoms with Crippen LogP contribution >= 0.6 is 0 Å². The van der Waals surface area contributed by atoms with E-state index in [9.17, 15) is 25.1 Å². The van der Waals surface area contributed by atoms with Crippen molar-refractivity contribution >= 4 is 22.6 Å². The number of nitrogens with one attached hydrogen (secondary N) is 1. The van der Waals surface area contributed by atoms with E-state index < -0.39 is 22.8 Å². The lowest BCUT2D eigenvalue weighted by Gasteiger charge is -2.32. The van der Waals surface area contributed by atoms with Gasteiger partial charge in [0.2, 0.25) is 0 Å². The Morgan fingerprint density at radius 1 is 1.18 bits per heavy atom. The van der Waals surface area contributed by atoms with Crippen molar-refractivity contribution in [3.05, 3.63) is 87.5 Å². The highest BCUT2D eigenvalue weighted by molar-refractivity contribution is 5.89. The number of nitrogens with zero attached hydrogens (tertiary/aromatic N) is 2. The van der Waals surface area contributed by atoms with Gasteiger partial charge in [-0.3, -0.25) is 15.0 Å². The molecule has 0 unspecified atom stereocenters. The van der Waals surface area contributed by atoms with E-state index in [1.165, 1.54) is 12.1 Å². The summed E-state index contributed by atoms with van der Waals surface area (Å²) >= 11 is 0. The maximum atomic E-state index is 12.2. The molecule has 0 bridgehead atoms. The second-order valence-corrected chi connectivity index (χ2v) is 8.23. The van der Waals surface area contributed by atoms with Crippen molar-refractivity contribution in [3.63, 3.8) is 0 Å². The number of likely N-dealkylation sites (tertiary alicyclic amines) is 1. The quantitative estimate of drug-likeness (QED) is 0.389. The Kier molecular flexibility index (Phi) is 6.28. The summed E-state index contributed by atoms with van der Waals surface area (Å²) in [6.45, 7) is 0.594. The van der Waals surface area contributed by atoms with Crippen molar-refractivity contribution < 1.29 is 24.7 Å². The van der Waals surface area contributed by atoms with E-state index in [0.717, 1.165) is 16.3 Å². The molecule has 0 spiro atoms. The van der Waals surface area contributed by atoms with E-state index in [0.29, 0.717) is 17.7 Å². The van der Waals surface area contributed by atoms with Gasteiger partial charge >= 0.3 is 6.09 Å². The highest BCUT2D eigenvalue weighted by Gasteiger charge is 2.43. The van der Waals surface area contributed by atoms with E-state index >= 15 is 0 Å². The predicted octanol–water partition coefficient (Wildman–Crippen LogP) is 3.02. The molecule has 3 N–H and O–H groups in total. The Bertz CT molecular complexity index is 1180. The van der Waals surface area contributed by atoms with Crippen LogP contribution in [0.2, 0.25) is 0 Å². The van der Waals surface area contributed by atoms with Gasteiger partial charge in [0.05, 0.1) is 11.0 Å². The molecular formula is C24H25N3O6. The van der Waals surface area contributed by atoms with E-state index in [4.69, 9.17) is 4.74 Å². The fourth-order valence-electron chi connectivity index (χ4n) is 4.28. The zero-order valence-electron chi connectivity index (χ0n) is 18.1. The van der Waals surface area contributed by atoms with Crippen molar-refractivity contribution in [2.75, 3.05) is 13.6 Å². The molecule has 2 atom stereocenters. The van der Waals surface area contributed by atoms with Crippen molar-refractivity contribution in [2.45, 2.75) is 31.4 Å². The Morgan fingerprint density at radius 3 is 2.52 bits per heavy atom. The normalized spacial score (nSPS) is 20.6. The topological polar surface area (TPSA) is 125 Å². The number of nitro groups is 1. The first-order valence-electron chi connectivity index (χ1n) is 10.5. The number of aliphatic hydroxyl groups is 2. The summed E-state index contributed by atoms with van der Waals surface area (Å²) in [4.78, 5) is 24.2. The molecule has 4 rings (SSSR count). The van der Waals surface area contributed by atoms with Crippen LogP contribution in [0.4, 0.5) is 10.5 Å². The SMILES string of the molecule is CN1C[C@H](O)C[C@]1(O)c1ccc(CNC(=O)OCc2ccc([N+](=O)[O-])cc2)c2ccccc12. The van der Waals surface area contributed by atoms with Gasteiger partial charge in [0, 0.05) is 37.2 Å². The number of ether oxygens (including phenoxy) is 1. The Labute approximate surface area is 190 Å².